The first kappa shape index (κ1) is 14.9. The molecule has 0 radical (unpaired) electrons. The molecule has 3 nitrogen and oxygen atoms in total. The average Bonchev–Trinajstić information content (AvgIpc) is 2.14. The summed E-state index contributed by atoms with van der Waals surface area (Å²) in [6.45, 7) is 2.28. The second-order valence-corrected chi connectivity index (χ2v) is 5.54. The maximum absolute atomic E-state index is 12.7. The van der Waals surface area contributed by atoms with Gasteiger partial charge in [0, 0.05) is 0 Å². The van der Waals surface area contributed by atoms with E-state index in [1.807, 2.05) is 0 Å². The Labute approximate surface area is 102 Å². The van der Waals surface area contributed by atoms with Gasteiger partial charge in [-0.25, -0.2) is 4.39 Å². The Morgan fingerprint density at radius 2 is 1.50 bits per heavy atom. The van der Waals surface area contributed by atoms with Crippen LogP contribution in [0.15, 0.2) is 24.3 Å². The summed E-state index contributed by atoms with van der Waals surface area (Å²) < 4.78 is 75.1. The van der Waals surface area contributed by atoms with Crippen molar-refractivity contribution in [2.75, 3.05) is 0 Å². The van der Waals surface area contributed by atoms with Crippen LogP contribution in [0.5, 0.6) is 0 Å². The van der Waals surface area contributed by atoms with Gasteiger partial charge in [-0.05, 0) is 31.5 Å². The summed E-state index contributed by atoms with van der Waals surface area (Å²) in [6, 6.07) is 4.31. The molecule has 18 heavy (non-hydrogen) atoms. The van der Waals surface area contributed by atoms with Gasteiger partial charge in [-0.3, -0.25) is 4.18 Å². The van der Waals surface area contributed by atoms with E-state index in [9.17, 15) is 26.0 Å². The van der Waals surface area contributed by atoms with Gasteiger partial charge in [0.05, 0.1) is 0 Å². The van der Waals surface area contributed by atoms with Crippen molar-refractivity contribution >= 4 is 10.1 Å². The third kappa shape index (κ3) is 3.20. The predicted molar refractivity (Wildman–Crippen MR) is 55.5 cm³/mol. The molecule has 0 spiro atoms. The molecule has 0 saturated heterocycles. The third-order valence-electron chi connectivity index (χ3n) is 2.14. The lowest BCUT2D eigenvalue weighted by Crippen LogP contribution is -2.33. The van der Waals surface area contributed by atoms with Crippen molar-refractivity contribution in [3.63, 3.8) is 0 Å². The zero-order valence-electron chi connectivity index (χ0n) is 9.45. The Bertz CT molecular complexity index is 517. The van der Waals surface area contributed by atoms with Crippen molar-refractivity contribution in [3.05, 3.63) is 35.6 Å². The molecule has 0 saturated carbocycles. The Kier molecular flexibility index (Phi) is 3.73. The van der Waals surface area contributed by atoms with Crippen molar-refractivity contribution in [2.45, 2.75) is 25.0 Å². The zero-order valence-corrected chi connectivity index (χ0v) is 10.3. The van der Waals surface area contributed by atoms with E-state index in [1.165, 1.54) is 0 Å². The molecule has 0 aliphatic rings. The van der Waals surface area contributed by atoms with Gasteiger partial charge in [-0.2, -0.15) is 21.6 Å². The van der Waals surface area contributed by atoms with E-state index in [0.717, 1.165) is 38.1 Å². The maximum atomic E-state index is 12.7. The molecule has 0 bridgehead atoms. The van der Waals surface area contributed by atoms with E-state index in [-0.39, 0.29) is 5.56 Å². The molecule has 0 fully saturated rings. The van der Waals surface area contributed by atoms with E-state index in [1.54, 1.807) is 0 Å². The van der Waals surface area contributed by atoms with E-state index in [0.29, 0.717) is 0 Å². The van der Waals surface area contributed by atoms with Crippen LogP contribution in [-0.4, -0.2) is 13.9 Å². The van der Waals surface area contributed by atoms with Crippen molar-refractivity contribution in [1.29, 1.82) is 0 Å². The van der Waals surface area contributed by atoms with Gasteiger partial charge in [0.15, 0.2) is 0 Å². The predicted octanol–water partition coefficient (Wildman–Crippen LogP) is 2.93. The summed E-state index contributed by atoms with van der Waals surface area (Å²) >= 11 is 0. The van der Waals surface area contributed by atoms with E-state index >= 15 is 0 Å². The highest BCUT2D eigenvalue weighted by molar-refractivity contribution is 7.87. The van der Waals surface area contributed by atoms with Crippen LogP contribution in [0.25, 0.3) is 0 Å². The molecule has 0 amide bonds. The van der Waals surface area contributed by atoms with Crippen LogP contribution in [0.2, 0.25) is 0 Å². The van der Waals surface area contributed by atoms with Gasteiger partial charge in [0.25, 0.3) is 0 Å². The summed E-state index contributed by atoms with van der Waals surface area (Å²) in [5, 5.41) is 0. The highest BCUT2D eigenvalue weighted by atomic mass is 32.2. The van der Waals surface area contributed by atoms with Crippen molar-refractivity contribution < 1.29 is 30.2 Å². The van der Waals surface area contributed by atoms with Crippen LogP contribution in [0.4, 0.5) is 17.6 Å². The van der Waals surface area contributed by atoms with Crippen LogP contribution < -0.4 is 0 Å². The lowest BCUT2D eigenvalue weighted by Gasteiger charge is -2.25. The Morgan fingerprint density at radius 1 is 1.06 bits per heavy atom. The number of alkyl halides is 3. The van der Waals surface area contributed by atoms with Crippen molar-refractivity contribution in [3.8, 4) is 0 Å². The highest BCUT2D eigenvalue weighted by Gasteiger charge is 2.50. The quantitative estimate of drug-likeness (QED) is 0.487. The lowest BCUT2D eigenvalue weighted by atomic mass is 9.99. The third-order valence-corrected chi connectivity index (χ3v) is 3.34. The minimum Gasteiger partial charge on any atom is -0.252 e. The lowest BCUT2D eigenvalue weighted by molar-refractivity contribution is -0.0631. The normalized spacial score (nSPS) is 13.7. The van der Waals surface area contributed by atoms with Crippen LogP contribution in [0.1, 0.15) is 19.4 Å². The summed E-state index contributed by atoms with van der Waals surface area (Å²) in [5.41, 5.74) is -7.14. The molecular weight excluding hydrogens is 276 g/mol. The van der Waals surface area contributed by atoms with Gasteiger partial charge in [-0.1, -0.05) is 12.1 Å². The molecule has 0 atom stereocenters. The fourth-order valence-electron chi connectivity index (χ4n) is 1.22. The van der Waals surface area contributed by atoms with Gasteiger partial charge >= 0.3 is 15.6 Å². The first-order chi connectivity index (χ1) is 7.96. The first-order valence-corrected chi connectivity index (χ1v) is 6.14. The van der Waals surface area contributed by atoms with Crippen LogP contribution in [-0.2, 0) is 19.9 Å². The molecule has 1 rings (SSSR count). The summed E-state index contributed by atoms with van der Waals surface area (Å²) in [6.07, 6.45) is 0. The van der Waals surface area contributed by atoms with Crippen LogP contribution >= 0.6 is 0 Å². The zero-order chi connectivity index (χ0) is 14.2. The Morgan fingerprint density at radius 3 is 1.89 bits per heavy atom. The van der Waals surface area contributed by atoms with E-state index in [2.05, 4.69) is 4.18 Å². The van der Waals surface area contributed by atoms with Crippen LogP contribution in [0, 0.1) is 5.82 Å². The number of benzene rings is 1. The SMILES string of the molecule is CC(C)(OS(=O)(=O)C(F)(F)F)c1ccc(F)cc1. The topological polar surface area (TPSA) is 43.4 Å². The molecule has 0 N–H and O–H groups in total. The number of hydrogen-bond donors (Lipinski definition) is 0. The molecule has 102 valence electrons. The summed E-state index contributed by atoms with van der Waals surface area (Å²) in [4.78, 5) is 0. The highest BCUT2D eigenvalue weighted by Crippen LogP contribution is 2.33. The average molecular weight is 286 g/mol. The van der Waals surface area contributed by atoms with Gasteiger partial charge in [-0.15, -0.1) is 0 Å². The van der Waals surface area contributed by atoms with Crippen LogP contribution in [0.3, 0.4) is 0 Å². The summed E-state index contributed by atoms with van der Waals surface area (Å²) in [7, 11) is -5.71. The largest absolute Gasteiger partial charge is 0.523 e. The number of hydrogen-bond acceptors (Lipinski definition) is 3. The van der Waals surface area contributed by atoms with Gasteiger partial charge < -0.3 is 0 Å². The molecule has 0 unspecified atom stereocenters. The number of rotatable bonds is 3. The second-order valence-electron chi connectivity index (χ2n) is 4.00. The second kappa shape index (κ2) is 4.51. The Balaban J connectivity index is 3.06. The standard InChI is InChI=1S/C10H10F4O3S/c1-9(2,7-3-5-8(11)6-4-7)17-18(15,16)10(12,13)14/h3-6H,1-2H3. The minimum absolute atomic E-state index is 0.108. The molecule has 0 heterocycles. The minimum atomic E-state index is -5.71. The van der Waals surface area contributed by atoms with Crippen molar-refractivity contribution in [2.24, 2.45) is 0 Å². The Hall–Kier alpha value is -1.15. The van der Waals surface area contributed by atoms with Crippen molar-refractivity contribution in [1.82, 2.24) is 0 Å². The molecule has 0 aliphatic carbocycles. The maximum Gasteiger partial charge on any atom is 0.523 e. The van der Waals surface area contributed by atoms with E-state index in [4.69, 9.17) is 0 Å². The molecule has 0 aliphatic heterocycles. The molecule has 0 aromatic heterocycles. The van der Waals surface area contributed by atoms with E-state index < -0.39 is 27.0 Å². The molecular formula is C10H10F4O3S. The molecule has 8 heteroatoms. The molecule has 1 aromatic rings. The monoisotopic (exact) mass is 286 g/mol. The molecule has 1 aromatic carbocycles. The fraction of sp³-hybridized carbons (Fsp3) is 0.400. The first-order valence-electron chi connectivity index (χ1n) is 4.74. The fourth-order valence-corrected chi connectivity index (χ4v) is 1.96. The van der Waals surface area contributed by atoms with Gasteiger partial charge in [0.2, 0.25) is 0 Å². The summed E-state index contributed by atoms with van der Waals surface area (Å²) in [5.74, 6) is -0.590. The smallest absolute Gasteiger partial charge is 0.252 e. The number of halogens is 4. The van der Waals surface area contributed by atoms with Gasteiger partial charge in [0.1, 0.15) is 11.4 Å².